The highest BCUT2D eigenvalue weighted by Crippen LogP contribution is 2.31. The molecule has 0 spiro atoms. The Hall–Kier alpha value is -2.82. The number of aromatic amines is 1. The number of amides is 1. The Bertz CT molecular complexity index is 1000. The van der Waals surface area contributed by atoms with E-state index in [0.717, 1.165) is 42.3 Å². The van der Waals surface area contributed by atoms with Crippen LogP contribution in [0.3, 0.4) is 0 Å². The lowest BCUT2D eigenvalue weighted by Gasteiger charge is -2.30. The maximum absolute atomic E-state index is 13.3. The Morgan fingerprint density at radius 3 is 2.77 bits per heavy atom. The summed E-state index contributed by atoms with van der Waals surface area (Å²) in [5.41, 5.74) is 1.79. The van der Waals surface area contributed by atoms with Gasteiger partial charge in [-0.1, -0.05) is 31.0 Å². The quantitative estimate of drug-likeness (QED) is 0.768. The molecule has 3 aromatic rings. The van der Waals surface area contributed by atoms with Crippen molar-refractivity contribution in [3.8, 4) is 0 Å². The Balaban J connectivity index is 1.76. The molecule has 26 heavy (non-hydrogen) atoms. The smallest absolute Gasteiger partial charge is 0.261 e. The number of nitrogens with one attached hydrogen (secondary N) is 1. The largest absolute Gasteiger partial charge is 0.353 e. The summed E-state index contributed by atoms with van der Waals surface area (Å²) in [6.07, 6.45) is 6.10. The molecule has 1 N–H and O–H groups in total. The molecule has 0 bridgehead atoms. The van der Waals surface area contributed by atoms with Gasteiger partial charge in [0.25, 0.3) is 11.5 Å². The first kappa shape index (κ1) is 16.6. The number of aryl methyl sites for hydroxylation is 1. The number of rotatable bonds is 2. The molecule has 1 fully saturated rings. The topological polar surface area (TPSA) is 58.1 Å². The first-order valence-corrected chi connectivity index (χ1v) is 9.19. The summed E-state index contributed by atoms with van der Waals surface area (Å²) in [5, 5.41) is 0.876. The number of para-hydroxylation sites is 1. The van der Waals surface area contributed by atoms with Crippen LogP contribution in [0, 0.1) is 0 Å². The molecular weight excluding hydrogens is 326 g/mol. The summed E-state index contributed by atoms with van der Waals surface area (Å²) in [4.78, 5) is 30.6. The molecular formula is C21H23N3O2. The molecule has 0 aliphatic carbocycles. The van der Waals surface area contributed by atoms with Gasteiger partial charge in [0.05, 0.1) is 6.04 Å². The van der Waals surface area contributed by atoms with Gasteiger partial charge in [-0.15, -0.1) is 0 Å². The minimum atomic E-state index is -0.316. The molecule has 5 heteroatoms. The number of likely N-dealkylation sites (tertiary alicyclic amines) is 1. The molecule has 1 amide bonds. The fraction of sp³-hybridized carbons (Fsp3) is 0.333. The lowest BCUT2D eigenvalue weighted by molar-refractivity contribution is 0.0673. The number of pyridine rings is 1. The van der Waals surface area contributed by atoms with E-state index in [2.05, 4.69) is 15.6 Å². The van der Waals surface area contributed by atoms with Crippen molar-refractivity contribution in [2.24, 2.45) is 7.05 Å². The van der Waals surface area contributed by atoms with Crippen LogP contribution in [-0.4, -0.2) is 26.9 Å². The summed E-state index contributed by atoms with van der Waals surface area (Å²) in [6.45, 7) is 0.681. The third-order valence-electron chi connectivity index (χ3n) is 5.32. The molecule has 134 valence electrons. The summed E-state index contributed by atoms with van der Waals surface area (Å²) < 4.78 is 2.07. The summed E-state index contributed by atoms with van der Waals surface area (Å²) in [5.74, 6) is -0.176. The normalized spacial score (nSPS) is 18.0. The van der Waals surface area contributed by atoms with Crippen molar-refractivity contribution in [2.45, 2.75) is 31.7 Å². The Labute approximate surface area is 152 Å². The molecule has 1 saturated heterocycles. The van der Waals surface area contributed by atoms with Gasteiger partial charge in [-0.25, -0.2) is 0 Å². The highest BCUT2D eigenvalue weighted by Gasteiger charge is 2.30. The number of carbonyl (C=O) groups excluding carboxylic acids is 1. The fourth-order valence-corrected chi connectivity index (χ4v) is 3.94. The van der Waals surface area contributed by atoms with Crippen LogP contribution in [-0.2, 0) is 7.05 Å². The lowest BCUT2D eigenvalue weighted by Crippen LogP contribution is -2.38. The minimum absolute atomic E-state index is 0.0101. The van der Waals surface area contributed by atoms with Gasteiger partial charge in [0.15, 0.2) is 0 Å². The zero-order chi connectivity index (χ0) is 18.1. The van der Waals surface area contributed by atoms with Gasteiger partial charge < -0.3 is 14.5 Å². The van der Waals surface area contributed by atoms with Crippen LogP contribution in [0.5, 0.6) is 0 Å². The van der Waals surface area contributed by atoms with Gasteiger partial charge in [0, 0.05) is 31.0 Å². The maximum Gasteiger partial charge on any atom is 0.261 e. The number of aromatic nitrogens is 2. The van der Waals surface area contributed by atoms with Crippen molar-refractivity contribution < 1.29 is 4.79 Å². The van der Waals surface area contributed by atoms with Crippen molar-refractivity contribution >= 4 is 16.8 Å². The second-order valence-electron chi connectivity index (χ2n) is 7.01. The monoisotopic (exact) mass is 349 g/mol. The first-order valence-electron chi connectivity index (χ1n) is 9.19. The third kappa shape index (κ3) is 2.94. The van der Waals surface area contributed by atoms with Gasteiger partial charge in [-0.05, 0) is 42.5 Å². The second kappa shape index (κ2) is 6.83. The number of hydrogen-bond acceptors (Lipinski definition) is 2. The lowest BCUT2D eigenvalue weighted by atomic mass is 10.0. The standard InChI is InChI=1S/C21H23N3O2/c1-23-12-7-11-18(23)19-10-3-2-6-13-24(19)21(26)16-14-15-8-4-5-9-17(15)22-20(16)25/h4-5,7-9,11-12,14,19H,2-3,6,10,13H2,1H3,(H,22,25). The van der Waals surface area contributed by atoms with Crippen LogP contribution in [0.4, 0.5) is 0 Å². The van der Waals surface area contributed by atoms with Crippen molar-refractivity contribution in [1.82, 2.24) is 14.5 Å². The molecule has 0 radical (unpaired) electrons. The van der Waals surface area contributed by atoms with E-state index < -0.39 is 0 Å². The summed E-state index contributed by atoms with van der Waals surface area (Å²) in [6, 6.07) is 13.4. The zero-order valence-corrected chi connectivity index (χ0v) is 14.9. The minimum Gasteiger partial charge on any atom is -0.353 e. The molecule has 1 atom stereocenters. The Kier molecular flexibility index (Phi) is 4.37. The molecule has 1 aliphatic rings. The Morgan fingerprint density at radius 2 is 1.96 bits per heavy atom. The van der Waals surface area contributed by atoms with E-state index in [0.29, 0.717) is 6.54 Å². The molecule has 2 aromatic heterocycles. The van der Waals surface area contributed by atoms with E-state index in [1.54, 1.807) is 6.07 Å². The molecule has 3 heterocycles. The number of nitrogens with zero attached hydrogens (tertiary/aromatic N) is 2. The SMILES string of the molecule is Cn1cccc1C1CCCCCN1C(=O)c1cc2ccccc2[nH]c1=O. The van der Waals surface area contributed by atoms with E-state index in [-0.39, 0.29) is 23.1 Å². The van der Waals surface area contributed by atoms with Crippen molar-refractivity contribution in [1.29, 1.82) is 0 Å². The van der Waals surface area contributed by atoms with Gasteiger partial charge in [0.1, 0.15) is 5.56 Å². The van der Waals surface area contributed by atoms with Crippen LogP contribution < -0.4 is 5.56 Å². The average molecular weight is 349 g/mol. The molecule has 4 rings (SSSR count). The predicted octanol–water partition coefficient (Wildman–Crippen LogP) is 3.62. The highest BCUT2D eigenvalue weighted by atomic mass is 16.2. The van der Waals surface area contributed by atoms with Crippen LogP contribution in [0.15, 0.2) is 53.5 Å². The number of fused-ring (bicyclic) bond motifs is 1. The van der Waals surface area contributed by atoms with Gasteiger partial charge in [-0.2, -0.15) is 0 Å². The van der Waals surface area contributed by atoms with Gasteiger partial charge >= 0.3 is 0 Å². The van der Waals surface area contributed by atoms with Crippen molar-refractivity contribution in [2.75, 3.05) is 6.54 Å². The van der Waals surface area contributed by atoms with E-state index in [1.807, 2.05) is 48.5 Å². The average Bonchev–Trinajstić information content (AvgIpc) is 2.92. The third-order valence-corrected chi connectivity index (χ3v) is 5.32. The van der Waals surface area contributed by atoms with Gasteiger partial charge in [0.2, 0.25) is 0 Å². The number of H-pyrrole nitrogens is 1. The molecule has 1 unspecified atom stereocenters. The fourth-order valence-electron chi connectivity index (χ4n) is 3.94. The van der Waals surface area contributed by atoms with E-state index in [4.69, 9.17) is 0 Å². The summed E-state index contributed by atoms with van der Waals surface area (Å²) >= 11 is 0. The number of benzene rings is 1. The maximum atomic E-state index is 13.3. The molecule has 0 saturated carbocycles. The molecule has 1 aliphatic heterocycles. The number of hydrogen-bond donors (Lipinski definition) is 1. The molecule has 5 nitrogen and oxygen atoms in total. The van der Waals surface area contributed by atoms with Crippen molar-refractivity contribution in [3.63, 3.8) is 0 Å². The van der Waals surface area contributed by atoms with Crippen LogP contribution >= 0.6 is 0 Å². The van der Waals surface area contributed by atoms with Crippen LogP contribution in [0.1, 0.15) is 47.8 Å². The summed E-state index contributed by atoms with van der Waals surface area (Å²) in [7, 11) is 2.01. The predicted molar refractivity (Wildman–Crippen MR) is 102 cm³/mol. The van der Waals surface area contributed by atoms with Crippen LogP contribution in [0.25, 0.3) is 10.9 Å². The van der Waals surface area contributed by atoms with Crippen molar-refractivity contribution in [3.05, 3.63) is 70.3 Å². The highest BCUT2D eigenvalue weighted by molar-refractivity contribution is 5.97. The molecule has 1 aromatic carbocycles. The zero-order valence-electron chi connectivity index (χ0n) is 14.9. The van der Waals surface area contributed by atoms with E-state index in [1.165, 1.54) is 0 Å². The Morgan fingerprint density at radius 1 is 1.12 bits per heavy atom. The second-order valence-corrected chi connectivity index (χ2v) is 7.01. The van der Waals surface area contributed by atoms with E-state index in [9.17, 15) is 9.59 Å². The van der Waals surface area contributed by atoms with Gasteiger partial charge in [-0.3, -0.25) is 9.59 Å². The van der Waals surface area contributed by atoms with Crippen LogP contribution in [0.2, 0.25) is 0 Å². The van der Waals surface area contributed by atoms with E-state index >= 15 is 0 Å². The number of carbonyl (C=O) groups is 1. The first-order chi connectivity index (χ1) is 12.6.